The van der Waals surface area contributed by atoms with Gasteiger partial charge in [0.05, 0.1) is 11.9 Å². The molecule has 1 heterocycles. The number of pyridine rings is 1. The molecule has 0 radical (unpaired) electrons. The summed E-state index contributed by atoms with van der Waals surface area (Å²) >= 11 is 0. The van der Waals surface area contributed by atoms with E-state index in [2.05, 4.69) is 10.3 Å². The Balaban J connectivity index is 2.23. The normalized spacial score (nSPS) is 10.1. The molecule has 1 aromatic heterocycles. The van der Waals surface area contributed by atoms with E-state index in [1.165, 1.54) is 12.1 Å². The molecule has 0 atom stereocenters. The van der Waals surface area contributed by atoms with E-state index in [0.29, 0.717) is 17.2 Å². The van der Waals surface area contributed by atoms with Crippen molar-refractivity contribution in [3.05, 3.63) is 47.9 Å². The average molecular weight is 217 g/mol. The summed E-state index contributed by atoms with van der Waals surface area (Å²) in [5.74, 6) is 0.372. The molecular formula is C12H12FN3. The van der Waals surface area contributed by atoms with Crippen LogP contribution in [0.5, 0.6) is 0 Å². The van der Waals surface area contributed by atoms with Crippen LogP contribution in [0.15, 0.2) is 36.5 Å². The van der Waals surface area contributed by atoms with E-state index in [1.54, 1.807) is 18.3 Å². The lowest BCUT2D eigenvalue weighted by Gasteiger charge is -2.06. The second-order valence-corrected chi connectivity index (χ2v) is 3.62. The maximum atomic E-state index is 13.1. The molecule has 0 fully saturated rings. The summed E-state index contributed by atoms with van der Waals surface area (Å²) in [5.41, 5.74) is 7.65. The number of aromatic nitrogens is 1. The number of nitrogens with zero attached hydrogens (tertiary/aromatic N) is 1. The standard InChI is InChI=1S/C12H12FN3/c1-8-4-9(13)6-11(5-8)16-12-3-2-10(14)7-15-12/h2-7H,14H2,1H3,(H,15,16). The summed E-state index contributed by atoms with van der Waals surface area (Å²) in [6.07, 6.45) is 1.55. The lowest BCUT2D eigenvalue weighted by Crippen LogP contribution is -1.95. The largest absolute Gasteiger partial charge is 0.397 e. The van der Waals surface area contributed by atoms with Gasteiger partial charge in [-0.1, -0.05) is 0 Å². The molecule has 0 unspecified atom stereocenters. The predicted octanol–water partition coefficient (Wildman–Crippen LogP) is 2.85. The van der Waals surface area contributed by atoms with Crippen LogP contribution in [0.1, 0.15) is 5.56 Å². The predicted molar refractivity (Wildman–Crippen MR) is 63.1 cm³/mol. The fraction of sp³-hybridized carbons (Fsp3) is 0.0833. The Morgan fingerprint density at radius 2 is 2.06 bits per heavy atom. The molecule has 82 valence electrons. The van der Waals surface area contributed by atoms with Crippen molar-refractivity contribution >= 4 is 17.2 Å². The SMILES string of the molecule is Cc1cc(F)cc(Nc2ccc(N)cn2)c1. The van der Waals surface area contributed by atoms with Crippen LogP contribution in [0.2, 0.25) is 0 Å². The first-order chi connectivity index (χ1) is 7.63. The van der Waals surface area contributed by atoms with Crippen LogP contribution < -0.4 is 11.1 Å². The topological polar surface area (TPSA) is 50.9 Å². The minimum absolute atomic E-state index is 0.266. The number of benzene rings is 1. The highest BCUT2D eigenvalue weighted by Gasteiger charge is 1.99. The third kappa shape index (κ3) is 2.48. The number of anilines is 3. The molecule has 2 aromatic rings. The number of hydrogen-bond acceptors (Lipinski definition) is 3. The molecule has 0 aliphatic carbocycles. The van der Waals surface area contributed by atoms with E-state index in [1.807, 2.05) is 13.0 Å². The molecule has 2 rings (SSSR count). The van der Waals surface area contributed by atoms with Gasteiger partial charge in [0.15, 0.2) is 0 Å². The fourth-order valence-corrected chi connectivity index (χ4v) is 1.44. The highest BCUT2D eigenvalue weighted by Crippen LogP contribution is 2.18. The number of nitrogens with two attached hydrogens (primary N) is 1. The van der Waals surface area contributed by atoms with Crippen molar-refractivity contribution in [2.75, 3.05) is 11.1 Å². The second-order valence-electron chi connectivity index (χ2n) is 3.62. The summed E-state index contributed by atoms with van der Waals surface area (Å²) in [6, 6.07) is 8.23. The van der Waals surface area contributed by atoms with Crippen LogP contribution in [-0.4, -0.2) is 4.98 Å². The summed E-state index contributed by atoms with van der Waals surface area (Å²) < 4.78 is 13.1. The van der Waals surface area contributed by atoms with Gasteiger partial charge in [0.25, 0.3) is 0 Å². The molecule has 3 nitrogen and oxygen atoms in total. The highest BCUT2D eigenvalue weighted by molar-refractivity contribution is 5.58. The second kappa shape index (κ2) is 4.18. The van der Waals surface area contributed by atoms with Gasteiger partial charge in [-0.3, -0.25) is 0 Å². The number of nitrogens with one attached hydrogen (secondary N) is 1. The maximum Gasteiger partial charge on any atom is 0.130 e. The number of rotatable bonds is 2. The van der Waals surface area contributed by atoms with Gasteiger partial charge in [-0.05, 0) is 42.8 Å². The smallest absolute Gasteiger partial charge is 0.130 e. The highest BCUT2D eigenvalue weighted by atomic mass is 19.1. The Labute approximate surface area is 93.1 Å². The van der Waals surface area contributed by atoms with E-state index < -0.39 is 0 Å². The zero-order valence-electron chi connectivity index (χ0n) is 8.87. The quantitative estimate of drug-likeness (QED) is 0.813. The van der Waals surface area contributed by atoms with Gasteiger partial charge in [-0.25, -0.2) is 9.37 Å². The van der Waals surface area contributed by atoms with Crippen LogP contribution in [0.3, 0.4) is 0 Å². The average Bonchev–Trinajstić information content (AvgIpc) is 2.20. The fourth-order valence-electron chi connectivity index (χ4n) is 1.44. The van der Waals surface area contributed by atoms with Gasteiger partial charge in [0.1, 0.15) is 11.6 Å². The zero-order valence-corrected chi connectivity index (χ0v) is 8.87. The molecule has 0 saturated carbocycles. The Morgan fingerprint density at radius 1 is 1.25 bits per heavy atom. The van der Waals surface area contributed by atoms with Gasteiger partial charge in [0.2, 0.25) is 0 Å². The monoisotopic (exact) mass is 217 g/mol. The van der Waals surface area contributed by atoms with Crippen LogP contribution in [0, 0.1) is 12.7 Å². The molecule has 16 heavy (non-hydrogen) atoms. The lowest BCUT2D eigenvalue weighted by molar-refractivity contribution is 0.627. The van der Waals surface area contributed by atoms with Gasteiger partial charge in [-0.15, -0.1) is 0 Å². The van der Waals surface area contributed by atoms with E-state index in [-0.39, 0.29) is 5.82 Å². The molecule has 0 spiro atoms. The summed E-state index contributed by atoms with van der Waals surface area (Å²) in [6.45, 7) is 1.84. The third-order valence-corrected chi connectivity index (χ3v) is 2.10. The Hall–Kier alpha value is -2.10. The minimum Gasteiger partial charge on any atom is -0.397 e. The Morgan fingerprint density at radius 3 is 2.69 bits per heavy atom. The lowest BCUT2D eigenvalue weighted by atomic mass is 10.2. The van der Waals surface area contributed by atoms with E-state index >= 15 is 0 Å². The van der Waals surface area contributed by atoms with Crippen molar-refractivity contribution in [3.63, 3.8) is 0 Å². The van der Waals surface area contributed by atoms with Crippen molar-refractivity contribution < 1.29 is 4.39 Å². The Bertz CT molecular complexity index is 474. The van der Waals surface area contributed by atoms with Crippen LogP contribution in [-0.2, 0) is 0 Å². The maximum absolute atomic E-state index is 13.1. The first kappa shape index (κ1) is 10.4. The zero-order chi connectivity index (χ0) is 11.5. The van der Waals surface area contributed by atoms with Crippen molar-refractivity contribution in [2.24, 2.45) is 0 Å². The first-order valence-corrected chi connectivity index (χ1v) is 4.89. The van der Waals surface area contributed by atoms with E-state index in [9.17, 15) is 4.39 Å². The minimum atomic E-state index is -0.266. The summed E-state index contributed by atoms with van der Waals surface area (Å²) in [7, 11) is 0. The third-order valence-electron chi connectivity index (χ3n) is 2.10. The van der Waals surface area contributed by atoms with Crippen LogP contribution >= 0.6 is 0 Å². The molecular weight excluding hydrogens is 205 g/mol. The van der Waals surface area contributed by atoms with Gasteiger partial charge >= 0.3 is 0 Å². The molecule has 0 amide bonds. The number of nitrogen functional groups attached to an aromatic ring is 1. The van der Waals surface area contributed by atoms with Gasteiger partial charge in [0, 0.05) is 5.69 Å². The van der Waals surface area contributed by atoms with Crippen molar-refractivity contribution in [1.29, 1.82) is 0 Å². The van der Waals surface area contributed by atoms with Gasteiger partial charge < -0.3 is 11.1 Å². The molecule has 0 bridgehead atoms. The van der Waals surface area contributed by atoms with E-state index in [4.69, 9.17) is 5.73 Å². The molecule has 4 heteroatoms. The van der Waals surface area contributed by atoms with Crippen molar-refractivity contribution in [1.82, 2.24) is 4.98 Å². The number of hydrogen-bond donors (Lipinski definition) is 2. The molecule has 0 aliphatic rings. The number of halogens is 1. The van der Waals surface area contributed by atoms with Gasteiger partial charge in [-0.2, -0.15) is 0 Å². The molecule has 0 saturated heterocycles. The molecule has 1 aromatic carbocycles. The summed E-state index contributed by atoms with van der Waals surface area (Å²) in [5, 5.41) is 3.01. The van der Waals surface area contributed by atoms with Crippen molar-refractivity contribution in [3.8, 4) is 0 Å². The first-order valence-electron chi connectivity index (χ1n) is 4.89. The van der Waals surface area contributed by atoms with Crippen LogP contribution in [0.25, 0.3) is 0 Å². The van der Waals surface area contributed by atoms with E-state index in [0.717, 1.165) is 5.56 Å². The molecule has 0 aliphatic heterocycles. The van der Waals surface area contributed by atoms with Crippen molar-refractivity contribution in [2.45, 2.75) is 6.92 Å². The number of aryl methyl sites for hydroxylation is 1. The summed E-state index contributed by atoms with van der Waals surface area (Å²) in [4.78, 5) is 4.07. The van der Waals surface area contributed by atoms with Crippen LogP contribution in [0.4, 0.5) is 21.6 Å². The molecule has 3 N–H and O–H groups in total. The Kier molecular flexibility index (Phi) is 2.72.